The molecule has 1 aromatic rings. The van der Waals surface area contributed by atoms with Gasteiger partial charge in [0.2, 0.25) is 5.91 Å². The molecule has 0 aliphatic heterocycles. The van der Waals surface area contributed by atoms with Gasteiger partial charge >= 0.3 is 5.97 Å². The highest BCUT2D eigenvalue weighted by Gasteiger charge is 2.06. The van der Waals surface area contributed by atoms with Crippen molar-refractivity contribution in [2.45, 2.75) is 25.7 Å². The van der Waals surface area contributed by atoms with Crippen LogP contribution in [0.5, 0.6) is 0 Å². The maximum Gasteiger partial charge on any atom is 0.303 e. The van der Waals surface area contributed by atoms with Crippen LogP contribution in [-0.2, 0) is 16.0 Å². The minimum absolute atomic E-state index is 0.0555. The molecule has 0 saturated carbocycles. The SMILES string of the molecule is O=C(O)CCCC(=O)NCCc1ccc(F)cc1F. The van der Waals surface area contributed by atoms with Crippen LogP contribution in [0.25, 0.3) is 0 Å². The number of hydrogen-bond donors (Lipinski definition) is 2. The van der Waals surface area contributed by atoms with Crippen LogP contribution in [0.15, 0.2) is 18.2 Å². The topological polar surface area (TPSA) is 66.4 Å². The number of benzene rings is 1. The fourth-order valence-electron chi connectivity index (χ4n) is 1.55. The Hall–Kier alpha value is -1.98. The van der Waals surface area contributed by atoms with Crippen molar-refractivity contribution >= 4 is 11.9 Å². The van der Waals surface area contributed by atoms with E-state index < -0.39 is 17.6 Å². The van der Waals surface area contributed by atoms with E-state index in [1.807, 2.05) is 0 Å². The number of nitrogens with one attached hydrogen (secondary N) is 1. The zero-order valence-electron chi connectivity index (χ0n) is 10.3. The van der Waals surface area contributed by atoms with Crippen molar-refractivity contribution < 1.29 is 23.5 Å². The molecule has 1 aromatic carbocycles. The lowest BCUT2D eigenvalue weighted by atomic mass is 10.1. The van der Waals surface area contributed by atoms with E-state index >= 15 is 0 Å². The highest BCUT2D eigenvalue weighted by Crippen LogP contribution is 2.09. The Balaban J connectivity index is 2.26. The van der Waals surface area contributed by atoms with E-state index in [-0.39, 0.29) is 38.1 Å². The van der Waals surface area contributed by atoms with Gasteiger partial charge in [0, 0.05) is 25.5 Å². The molecule has 0 unspecified atom stereocenters. The number of carboxylic acids is 1. The smallest absolute Gasteiger partial charge is 0.303 e. The van der Waals surface area contributed by atoms with Crippen LogP contribution in [-0.4, -0.2) is 23.5 Å². The molecule has 19 heavy (non-hydrogen) atoms. The molecule has 0 saturated heterocycles. The van der Waals surface area contributed by atoms with Gasteiger partial charge in [-0.2, -0.15) is 0 Å². The summed E-state index contributed by atoms with van der Waals surface area (Å²) in [6, 6.07) is 3.29. The third-order valence-corrected chi connectivity index (χ3v) is 2.53. The van der Waals surface area contributed by atoms with E-state index in [1.165, 1.54) is 6.07 Å². The Morgan fingerprint density at radius 3 is 2.58 bits per heavy atom. The molecule has 1 rings (SSSR count). The van der Waals surface area contributed by atoms with Crippen molar-refractivity contribution in [1.29, 1.82) is 0 Å². The molecule has 0 fully saturated rings. The van der Waals surface area contributed by atoms with Crippen LogP contribution in [0, 0.1) is 11.6 Å². The van der Waals surface area contributed by atoms with E-state index in [9.17, 15) is 18.4 Å². The second-order valence-electron chi connectivity index (χ2n) is 4.08. The van der Waals surface area contributed by atoms with Gasteiger partial charge in [-0.15, -0.1) is 0 Å². The predicted molar refractivity (Wildman–Crippen MR) is 64.6 cm³/mol. The summed E-state index contributed by atoms with van der Waals surface area (Å²) in [5.41, 5.74) is 0.326. The molecule has 104 valence electrons. The van der Waals surface area contributed by atoms with E-state index in [0.717, 1.165) is 12.1 Å². The number of aliphatic carboxylic acids is 1. The van der Waals surface area contributed by atoms with Crippen molar-refractivity contribution in [2.75, 3.05) is 6.54 Å². The largest absolute Gasteiger partial charge is 0.481 e. The fraction of sp³-hybridized carbons (Fsp3) is 0.385. The van der Waals surface area contributed by atoms with Crippen LogP contribution in [0.1, 0.15) is 24.8 Å². The molecule has 0 aromatic heterocycles. The summed E-state index contributed by atoms with van der Waals surface area (Å²) in [4.78, 5) is 21.5. The van der Waals surface area contributed by atoms with Crippen LogP contribution < -0.4 is 5.32 Å². The average Bonchev–Trinajstić information content (AvgIpc) is 2.31. The first-order valence-electron chi connectivity index (χ1n) is 5.91. The minimum atomic E-state index is -0.943. The molecule has 0 atom stereocenters. The number of rotatable bonds is 7. The van der Waals surface area contributed by atoms with Gasteiger partial charge in [0.25, 0.3) is 0 Å². The van der Waals surface area contributed by atoms with Crippen LogP contribution in [0.2, 0.25) is 0 Å². The van der Waals surface area contributed by atoms with Crippen molar-refractivity contribution in [3.8, 4) is 0 Å². The summed E-state index contributed by atoms with van der Waals surface area (Å²) in [6.45, 7) is 0.231. The van der Waals surface area contributed by atoms with E-state index in [0.29, 0.717) is 5.56 Å². The third-order valence-electron chi connectivity index (χ3n) is 2.53. The Bertz CT molecular complexity index is 463. The first-order valence-corrected chi connectivity index (χ1v) is 5.91. The first kappa shape index (κ1) is 15.1. The fourth-order valence-corrected chi connectivity index (χ4v) is 1.55. The van der Waals surface area contributed by atoms with Crippen molar-refractivity contribution in [2.24, 2.45) is 0 Å². The molecule has 1 amide bonds. The maximum atomic E-state index is 13.2. The van der Waals surface area contributed by atoms with Crippen molar-refractivity contribution in [1.82, 2.24) is 5.32 Å². The summed E-state index contributed by atoms with van der Waals surface area (Å²) in [5.74, 6) is -2.50. The van der Waals surface area contributed by atoms with Crippen LogP contribution in [0.3, 0.4) is 0 Å². The molecule has 2 N–H and O–H groups in total. The monoisotopic (exact) mass is 271 g/mol. The predicted octanol–water partition coefficient (Wildman–Crippen LogP) is 1.88. The average molecular weight is 271 g/mol. The van der Waals surface area contributed by atoms with Gasteiger partial charge in [0.05, 0.1) is 0 Å². The summed E-state index contributed by atoms with van der Waals surface area (Å²) in [6.07, 6.45) is 0.598. The zero-order chi connectivity index (χ0) is 14.3. The van der Waals surface area contributed by atoms with Gasteiger partial charge < -0.3 is 10.4 Å². The highest BCUT2D eigenvalue weighted by molar-refractivity contribution is 5.76. The lowest BCUT2D eigenvalue weighted by molar-refractivity contribution is -0.137. The van der Waals surface area contributed by atoms with Gasteiger partial charge in [-0.1, -0.05) is 6.07 Å². The van der Waals surface area contributed by atoms with Gasteiger partial charge in [-0.25, -0.2) is 8.78 Å². The number of hydrogen-bond acceptors (Lipinski definition) is 2. The van der Waals surface area contributed by atoms with Gasteiger partial charge in [-0.3, -0.25) is 9.59 Å². The number of amides is 1. The standard InChI is InChI=1S/C13H15F2NO3/c14-10-5-4-9(11(15)8-10)6-7-16-12(17)2-1-3-13(18)19/h4-5,8H,1-3,6-7H2,(H,16,17)(H,18,19). The molecular weight excluding hydrogens is 256 g/mol. The summed E-state index contributed by atoms with van der Waals surface area (Å²) >= 11 is 0. The zero-order valence-corrected chi connectivity index (χ0v) is 10.3. The van der Waals surface area contributed by atoms with Crippen LogP contribution in [0.4, 0.5) is 8.78 Å². The number of carbonyl (C=O) groups is 2. The molecule has 0 heterocycles. The first-order chi connectivity index (χ1) is 8.99. The second-order valence-corrected chi connectivity index (χ2v) is 4.08. The molecule has 0 aliphatic rings. The third kappa shape index (κ3) is 5.94. The second kappa shape index (κ2) is 7.45. The van der Waals surface area contributed by atoms with E-state index in [4.69, 9.17) is 5.11 Å². The Morgan fingerprint density at radius 2 is 1.95 bits per heavy atom. The van der Waals surface area contributed by atoms with Crippen molar-refractivity contribution in [3.05, 3.63) is 35.4 Å². The molecule has 4 nitrogen and oxygen atoms in total. The van der Waals surface area contributed by atoms with Gasteiger partial charge in [0.1, 0.15) is 11.6 Å². The quantitative estimate of drug-likeness (QED) is 0.795. The van der Waals surface area contributed by atoms with E-state index in [1.54, 1.807) is 0 Å². The van der Waals surface area contributed by atoms with Crippen LogP contribution >= 0.6 is 0 Å². The lowest BCUT2D eigenvalue weighted by Crippen LogP contribution is -2.25. The Kier molecular flexibility index (Phi) is 5.92. The number of carbonyl (C=O) groups excluding carboxylic acids is 1. The molecule has 0 bridgehead atoms. The maximum absolute atomic E-state index is 13.2. The minimum Gasteiger partial charge on any atom is -0.481 e. The highest BCUT2D eigenvalue weighted by atomic mass is 19.1. The Morgan fingerprint density at radius 1 is 1.21 bits per heavy atom. The normalized spacial score (nSPS) is 10.2. The Labute approximate surface area is 109 Å². The summed E-state index contributed by atoms with van der Waals surface area (Å²) < 4.78 is 25.9. The van der Waals surface area contributed by atoms with Crippen molar-refractivity contribution in [3.63, 3.8) is 0 Å². The molecule has 6 heteroatoms. The molecule has 0 radical (unpaired) electrons. The van der Waals surface area contributed by atoms with Gasteiger partial charge in [-0.05, 0) is 24.5 Å². The van der Waals surface area contributed by atoms with Gasteiger partial charge in [0.15, 0.2) is 0 Å². The van der Waals surface area contributed by atoms with E-state index in [2.05, 4.69) is 5.32 Å². The molecule has 0 aliphatic carbocycles. The molecule has 0 spiro atoms. The summed E-state index contributed by atoms with van der Waals surface area (Å²) in [7, 11) is 0. The number of carboxylic acid groups (broad SMARTS) is 1. The number of halogens is 2. The molecular formula is C13H15F2NO3. The lowest BCUT2D eigenvalue weighted by Gasteiger charge is -2.06. The summed E-state index contributed by atoms with van der Waals surface area (Å²) in [5, 5.41) is 11.0.